The predicted octanol–water partition coefficient (Wildman–Crippen LogP) is 0.714. The number of hydrogen-bond donors (Lipinski definition) is 2. The summed E-state index contributed by atoms with van der Waals surface area (Å²) < 4.78 is 0. The third kappa shape index (κ3) is 2.43. The minimum atomic E-state index is -0.346. The van der Waals surface area contributed by atoms with Crippen LogP contribution in [0.25, 0.3) is 0 Å². The van der Waals surface area contributed by atoms with Gasteiger partial charge in [-0.25, -0.2) is 0 Å². The zero-order chi connectivity index (χ0) is 8.43. The van der Waals surface area contributed by atoms with Gasteiger partial charge in [-0.2, -0.15) is 5.06 Å². The van der Waals surface area contributed by atoms with Gasteiger partial charge in [0.05, 0.1) is 6.10 Å². The van der Waals surface area contributed by atoms with E-state index in [1.165, 1.54) is 5.06 Å². The fourth-order valence-electron chi connectivity index (χ4n) is 1.57. The van der Waals surface area contributed by atoms with Gasteiger partial charge in [-0.3, -0.25) is 0 Å². The van der Waals surface area contributed by atoms with Gasteiger partial charge in [0.25, 0.3) is 0 Å². The molecule has 11 heavy (non-hydrogen) atoms. The Morgan fingerprint density at radius 1 is 1.36 bits per heavy atom. The van der Waals surface area contributed by atoms with Gasteiger partial charge in [0, 0.05) is 13.1 Å². The normalized spacial score (nSPS) is 34.6. The highest BCUT2D eigenvalue weighted by molar-refractivity contribution is 4.76. The minimum Gasteiger partial charge on any atom is -0.392 e. The van der Waals surface area contributed by atoms with Crippen molar-refractivity contribution in [2.45, 2.75) is 26.4 Å². The first-order valence-electron chi connectivity index (χ1n) is 4.21. The molecule has 1 heterocycles. The summed E-state index contributed by atoms with van der Waals surface area (Å²) in [5.41, 5.74) is 0. The van der Waals surface area contributed by atoms with E-state index in [0.717, 1.165) is 6.42 Å². The summed E-state index contributed by atoms with van der Waals surface area (Å²) in [5, 5.41) is 19.7. The van der Waals surface area contributed by atoms with E-state index in [2.05, 4.69) is 13.8 Å². The van der Waals surface area contributed by atoms with Gasteiger partial charge in [-0.05, 0) is 18.3 Å². The SMILES string of the molecule is CC(C)C1CC(O)CN(O)C1. The van der Waals surface area contributed by atoms with Gasteiger partial charge in [0.1, 0.15) is 0 Å². The molecule has 0 bridgehead atoms. The molecule has 0 radical (unpaired) electrons. The summed E-state index contributed by atoms with van der Waals surface area (Å²) >= 11 is 0. The molecule has 1 rings (SSSR count). The molecule has 66 valence electrons. The molecule has 0 aromatic rings. The second-order valence-corrected chi connectivity index (χ2v) is 3.77. The maximum absolute atomic E-state index is 9.30. The summed E-state index contributed by atoms with van der Waals surface area (Å²) in [6.45, 7) is 5.35. The summed E-state index contributed by atoms with van der Waals surface area (Å²) in [6, 6.07) is 0. The van der Waals surface area contributed by atoms with Crippen LogP contribution in [-0.4, -0.2) is 34.6 Å². The summed E-state index contributed by atoms with van der Waals surface area (Å²) in [5.74, 6) is 0.975. The first-order chi connectivity index (χ1) is 5.09. The van der Waals surface area contributed by atoms with Crippen molar-refractivity contribution in [2.75, 3.05) is 13.1 Å². The molecule has 0 amide bonds. The van der Waals surface area contributed by atoms with Gasteiger partial charge in [0.15, 0.2) is 0 Å². The maximum Gasteiger partial charge on any atom is 0.0693 e. The number of piperidine rings is 1. The maximum atomic E-state index is 9.30. The third-order valence-electron chi connectivity index (χ3n) is 2.38. The van der Waals surface area contributed by atoms with Crippen LogP contribution in [-0.2, 0) is 0 Å². The third-order valence-corrected chi connectivity index (χ3v) is 2.38. The highest BCUT2D eigenvalue weighted by atomic mass is 16.5. The average Bonchev–Trinajstić information content (AvgIpc) is 1.85. The van der Waals surface area contributed by atoms with Gasteiger partial charge in [-0.1, -0.05) is 13.8 Å². The van der Waals surface area contributed by atoms with Gasteiger partial charge >= 0.3 is 0 Å². The Morgan fingerprint density at radius 2 is 2.00 bits per heavy atom. The number of β-amino-alcohol motifs (C(OH)–C–C–N with tert-alkyl or cyclic N) is 1. The number of hydrogen-bond acceptors (Lipinski definition) is 3. The molecule has 0 aliphatic carbocycles. The van der Waals surface area contributed by atoms with E-state index in [1.807, 2.05) is 0 Å². The highest BCUT2D eigenvalue weighted by Crippen LogP contribution is 2.22. The van der Waals surface area contributed by atoms with E-state index < -0.39 is 0 Å². The van der Waals surface area contributed by atoms with Gasteiger partial charge < -0.3 is 10.3 Å². The van der Waals surface area contributed by atoms with Crippen molar-refractivity contribution in [1.82, 2.24) is 5.06 Å². The molecule has 2 unspecified atom stereocenters. The van der Waals surface area contributed by atoms with Crippen molar-refractivity contribution >= 4 is 0 Å². The summed E-state index contributed by atoms with van der Waals surface area (Å²) in [4.78, 5) is 0. The fraction of sp³-hybridized carbons (Fsp3) is 1.00. The Labute approximate surface area is 67.6 Å². The number of rotatable bonds is 1. The average molecular weight is 159 g/mol. The number of nitrogens with zero attached hydrogens (tertiary/aromatic N) is 1. The summed E-state index contributed by atoms with van der Waals surface area (Å²) in [7, 11) is 0. The Balaban J connectivity index is 2.43. The molecule has 2 N–H and O–H groups in total. The molecule has 0 spiro atoms. The lowest BCUT2D eigenvalue weighted by atomic mass is 9.87. The molecule has 1 fully saturated rings. The first kappa shape index (κ1) is 8.97. The van der Waals surface area contributed by atoms with Crippen molar-refractivity contribution in [3.8, 4) is 0 Å². The van der Waals surface area contributed by atoms with Crippen LogP contribution in [0.1, 0.15) is 20.3 Å². The molecular formula is C8H17NO2. The van der Waals surface area contributed by atoms with Gasteiger partial charge in [0.2, 0.25) is 0 Å². The van der Waals surface area contributed by atoms with Crippen molar-refractivity contribution in [1.29, 1.82) is 0 Å². The van der Waals surface area contributed by atoms with Crippen LogP contribution in [0.4, 0.5) is 0 Å². The zero-order valence-electron chi connectivity index (χ0n) is 7.20. The van der Waals surface area contributed by atoms with E-state index in [0.29, 0.717) is 24.9 Å². The molecule has 2 atom stereocenters. The molecule has 0 aromatic heterocycles. The zero-order valence-corrected chi connectivity index (χ0v) is 7.20. The van der Waals surface area contributed by atoms with E-state index in [-0.39, 0.29) is 6.10 Å². The Kier molecular flexibility index (Phi) is 2.87. The molecule has 3 nitrogen and oxygen atoms in total. The molecule has 1 aliphatic rings. The van der Waals surface area contributed by atoms with Crippen molar-refractivity contribution in [3.05, 3.63) is 0 Å². The first-order valence-corrected chi connectivity index (χ1v) is 4.21. The van der Waals surface area contributed by atoms with Crippen LogP contribution in [0.2, 0.25) is 0 Å². The lowest BCUT2D eigenvalue weighted by Gasteiger charge is -2.33. The van der Waals surface area contributed by atoms with E-state index in [4.69, 9.17) is 0 Å². The molecule has 1 saturated heterocycles. The Bertz CT molecular complexity index is 117. The quantitative estimate of drug-likeness (QED) is 0.592. The fourth-order valence-corrected chi connectivity index (χ4v) is 1.57. The van der Waals surface area contributed by atoms with E-state index in [9.17, 15) is 10.3 Å². The summed E-state index contributed by atoms with van der Waals surface area (Å²) in [6.07, 6.45) is 0.482. The largest absolute Gasteiger partial charge is 0.392 e. The smallest absolute Gasteiger partial charge is 0.0693 e. The van der Waals surface area contributed by atoms with Crippen molar-refractivity contribution < 1.29 is 10.3 Å². The Morgan fingerprint density at radius 3 is 2.45 bits per heavy atom. The molecule has 0 saturated carbocycles. The predicted molar refractivity (Wildman–Crippen MR) is 42.3 cm³/mol. The molecule has 1 aliphatic heterocycles. The van der Waals surface area contributed by atoms with Crippen LogP contribution < -0.4 is 0 Å². The van der Waals surface area contributed by atoms with Crippen LogP contribution in [0.3, 0.4) is 0 Å². The lowest BCUT2D eigenvalue weighted by molar-refractivity contribution is -0.152. The van der Waals surface area contributed by atoms with Crippen LogP contribution in [0.5, 0.6) is 0 Å². The number of aliphatic hydroxyl groups excluding tert-OH is 1. The molecule has 0 aromatic carbocycles. The highest BCUT2D eigenvalue weighted by Gasteiger charge is 2.26. The standard InChI is InChI=1S/C8H17NO2/c1-6(2)7-3-8(10)5-9(11)4-7/h6-8,10-11H,3-5H2,1-2H3. The van der Waals surface area contributed by atoms with Crippen LogP contribution in [0, 0.1) is 11.8 Å². The van der Waals surface area contributed by atoms with Crippen molar-refractivity contribution in [2.24, 2.45) is 11.8 Å². The lowest BCUT2D eigenvalue weighted by Crippen LogP contribution is -2.42. The number of hydroxylamine groups is 2. The molecular weight excluding hydrogens is 142 g/mol. The minimum absolute atomic E-state index is 0.346. The second kappa shape index (κ2) is 3.52. The second-order valence-electron chi connectivity index (χ2n) is 3.77. The monoisotopic (exact) mass is 159 g/mol. The topological polar surface area (TPSA) is 43.7 Å². The van der Waals surface area contributed by atoms with Crippen LogP contribution in [0.15, 0.2) is 0 Å². The van der Waals surface area contributed by atoms with Crippen LogP contribution >= 0.6 is 0 Å². The molecule has 3 heteroatoms. The van der Waals surface area contributed by atoms with Gasteiger partial charge in [-0.15, -0.1) is 0 Å². The van der Waals surface area contributed by atoms with Crippen molar-refractivity contribution in [3.63, 3.8) is 0 Å². The van der Waals surface area contributed by atoms with E-state index in [1.54, 1.807) is 0 Å². The van der Waals surface area contributed by atoms with E-state index >= 15 is 0 Å². The Hall–Kier alpha value is -0.120. The number of aliphatic hydroxyl groups is 1.